The molecule has 0 bridgehead atoms. The Bertz CT molecular complexity index is 766. The summed E-state index contributed by atoms with van der Waals surface area (Å²) in [5, 5.41) is -0.314. The van der Waals surface area contributed by atoms with E-state index >= 15 is 0 Å². The minimum Gasteiger partial charge on any atom is -0.307 e. The van der Waals surface area contributed by atoms with Gasteiger partial charge in [-0.1, -0.05) is 6.07 Å². The second-order valence-corrected chi connectivity index (χ2v) is 8.46. The van der Waals surface area contributed by atoms with E-state index in [2.05, 4.69) is 23.0 Å². The van der Waals surface area contributed by atoms with Crippen LogP contribution < -0.4 is 0 Å². The zero-order valence-corrected chi connectivity index (χ0v) is 13.5. The Morgan fingerprint density at radius 1 is 1.29 bits per heavy atom. The van der Waals surface area contributed by atoms with Crippen molar-refractivity contribution in [2.24, 2.45) is 0 Å². The maximum atomic E-state index is 11.9. The van der Waals surface area contributed by atoms with Crippen LogP contribution in [-0.4, -0.2) is 46.3 Å². The molecule has 1 fully saturated rings. The summed E-state index contributed by atoms with van der Waals surface area (Å²) in [6.07, 6.45) is 4.08. The predicted molar refractivity (Wildman–Crippen MR) is 83.0 cm³/mol. The number of nitrogens with zero attached hydrogens (tertiary/aromatic N) is 3. The van der Waals surface area contributed by atoms with Crippen LogP contribution in [0.1, 0.15) is 25.1 Å². The Balaban J connectivity index is 1.82. The largest absolute Gasteiger partial charge is 0.307 e. The van der Waals surface area contributed by atoms with Gasteiger partial charge in [-0.2, -0.15) is 0 Å². The maximum absolute atomic E-state index is 11.9. The average molecular weight is 307 g/mol. The molecule has 0 N–H and O–H groups in total. The van der Waals surface area contributed by atoms with E-state index in [0.717, 1.165) is 11.3 Å². The van der Waals surface area contributed by atoms with Crippen LogP contribution in [0.4, 0.5) is 0 Å². The molecule has 2 aromatic heterocycles. The van der Waals surface area contributed by atoms with Gasteiger partial charge in [-0.25, -0.2) is 13.4 Å². The first kappa shape index (κ1) is 14.5. The van der Waals surface area contributed by atoms with E-state index < -0.39 is 9.84 Å². The average Bonchev–Trinajstić information content (AvgIpc) is 2.81. The number of aromatic nitrogens is 2. The van der Waals surface area contributed by atoms with Crippen LogP contribution in [0.15, 0.2) is 24.5 Å². The molecule has 2 aromatic rings. The van der Waals surface area contributed by atoms with Gasteiger partial charge in [0.2, 0.25) is 0 Å². The third kappa shape index (κ3) is 2.70. The lowest BCUT2D eigenvalue weighted by atomic mass is 10.2. The summed E-state index contributed by atoms with van der Waals surface area (Å²) in [7, 11) is -2.93. The highest BCUT2D eigenvalue weighted by atomic mass is 32.2. The molecule has 0 aliphatic carbocycles. The fourth-order valence-corrected chi connectivity index (χ4v) is 4.53. The third-order valence-corrected chi connectivity index (χ3v) is 6.78. The summed E-state index contributed by atoms with van der Waals surface area (Å²) in [4.78, 5) is 6.82. The molecule has 5 nitrogen and oxygen atoms in total. The molecule has 21 heavy (non-hydrogen) atoms. The standard InChI is InChI=1S/C15H21N3O2S/c1-11-4-5-15-16-14(10-18(15)8-11)9-17-6-7-21(19,20)13(3)12(17)2/h4-5,8,10,12-13H,6-7,9H2,1-3H3. The van der Waals surface area contributed by atoms with Crippen LogP contribution in [0.25, 0.3) is 5.65 Å². The number of pyridine rings is 1. The number of sulfone groups is 1. The summed E-state index contributed by atoms with van der Waals surface area (Å²) in [5.74, 6) is 0.241. The van der Waals surface area contributed by atoms with Crippen LogP contribution in [0.3, 0.4) is 0 Å². The third-order valence-electron chi connectivity index (χ3n) is 4.50. The van der Waals surface area contributed by atoms with Gasteiger partial charge < -0.3 is 4.40 Å². The zero-order chi connectivity index (χ0) is 15.2. The lowest BCUT2D eigenvalue weighted by Gasteiger charge is -2.37. The quantitative estimate of drug-likeness (QED) is 0.846. The Morgan fingerprint density at radius 3 is 2.81 bits per heavy atom. The number of imidazole rings is 1. The molecule has 0 radical (unpaired) electrons. The van der Waals surface area contributed by atoms with Gasteiger partial charge in [0.25, 0.3) is 0 Å². The van der Waals surface area contributed by atoms with Gasteiger partial charge in [0.15, 0.2) is 9.84 Å². The summed E-state index contributed by atoms with van der Waals surface area (Å²) in [6, 6.07) is 4.07. The molecular formula is C15H21N3O2S. The van der Waals surface area contributed by atoms with Gasteiger partial charge in [-0.05, 0) is 32.4 Å². The smallest absolute Gasteiger partial charge is 0.155 e. The monoisotopic (exact) mass is 307 g/mol. The van der Waals surface area contributed by atoms with Crippen molar-refractivity contribution < 1.29 is 8.42 Å². The van der Waals surface area contributed by atoms with Crippen molar-refractivity contribution in [3.05, 3.63) is 35.8 Å². The fraction of sp³-hybridized carbons (Fsp3) is 0.533. The van der Waals surface area contributed by atoms with Crippen LogP contribution in [0.5, 0.6) is 0 Å². The summed E-state index contributed by atoms with van der Waals surface area (Å²) >= 11 is 0. The Kier molecular flexibility index (Phi) is 3.53. The van der Waals surface area contributed by atoms with E-state index in [1.54, 1.807) is 6.92 Å². The summed E-state index contributed by atoms with van der Waals surface area (Å²) in [5.41, 5.74) is 3.11. The van der Waals surface area contributed by atoms with E-state index in [-0.39, 0.29) is 17.0 Å². The molecule has 1 saturated heterocycles. The first-order valence-electron chi connectivity index (χ1n) is 7.27. The first-order valence-corrected chi connectivity index (χ1v) is 8.98. The van der Waals surface area contributed by atoms with Crippen molar-refractivity contribution in [1.29, 1.82) is 0 Å². The Morgan fingerprint density at radius 2 is 2.05 bits per heavy atom. The molecule has 0 amide bonds. The number of rotatable bonds is 2. The van der Waals surface area contributed by atoms with E-state index in [4.69, 9.17) is 0 Å². The van der Waals surface area contributed by atoms with Crippen LogP contribution in [0, 0.1) is 6.92 Å². The molecule has 114 valence electrons. The van der Waals surface area contributed by atoms with Gasteiger partial charge in [-0.3, -0.25) is 4.90 Å². The van der Waals surface area contributed by atoms with Crippen LogP contribution in [0.2, 0.25) is 0 Å². The van der Waals surface area contributed by atoms with Gasteiger partial charge in [0.1, 0.15) is 5.65 Å². The lowest BCUT2D eigenvalue weighted by molar-refractivity contribution is 0.195. The second kappa shape index (κ2) is 5.10. The Labute approximate surface area is 125 Å². The van der Waals surface area contributed by atoms with Crippen molar-refractivity contribution in [3.63, 3.8) is 0 Å². The number of fused-ring (bicyclic) bond motifs is 1. The molecule has 3 rings (SSSR count). The minimum absolute atomic E-state index is 0.0234. The molecule has 2 unspecified atom stereocenters. The summed E-state index contributed by atoms with van der Waals surface area (Å²) < 4.78 is 25.9. The molecule has 1 aliphatic rings. The SMILES string of the molecule is Cc1ccc2nc(CN3CCS(=O)(=O)C(C)C3C)cn2c1. The molecule has 0 aromatic carbocycles. The van der Waals surface area contributed by atoms with Crippen LogP contribution >= 0.6 is 0 Å². The zero-order valence-electron chi connectivity index (χ0n) is 12.7. The topological polar surface area (TPSA) is 54.7 Å². The van der Waals surface area contributed by atoms with E-state index in [1.807, 2.05) is 29.7 Å². The van der Waals surface area contributed by atoms with Crippen molar-refractivity contribution in [2.45, 2.75) is 38.6 Å². The van der Waals surface area contributed by atoms with Gasteiger partial charge >= 0.3 is 0 Å². The van der Waals surface area contributed by atoms with E-state index in [9.17, 15) is 8.42 Å². The second-order valence-electron chi connectivity index (χ2n) is 5.99. The fourth-order valence-electron chi connectivity index (χ4n) is 2.89. The minimum atomic E-state index is -2.93. The molecule has 1 aliphatic heterocycles. The van der Waals surface area contributed by atoms with E-state index in [1.165, 1.54) is 5.56 Å². The highest BCUT2D eigenvalue weighted by molar-refractivity contribution is 7.92. The molecule has 0 saturated carbocycles. The highest BCUT2D eigenvalue weighted by Gasteiger charge is 2.35. The van der Waals surface area contributed by atoms with Crippen molar-refractivity contribution >= 4 is 15.5 Å². The highest BCUT2D eigenvalue weighted by Crippen LogP contribution is 2.21. The molecule has 6 heteroatoms. The van der Waals surface area contributed by atoms with Gasteiger partial charge in [0, 0.05) is 31.5 Å². The normalized spacial score (nSPS) is 26.2. The van der Waals surface area contributed by atoms with Crippen molar-refractivity contribution in [2.75, 3.05) is 12.3 Å². The molecule has 2 atom stereocenters. The maximum Gasteiger partial charge on any atom is 0.155 e. The number of hydrogen-bond acceptors (Lipinski definition) is 4. The van der Waals surface area contributed by atoms with Crippen molar-refractivity contribution in [1.82, 2.24) is 14.3 Å². The number of aryl methyl sites for hydroxylation is 1. The Hall–Kier alpha value is -1.40. The number of hydrogen-bond donors (Lipinski definition) is 0. The summed E-state index contributed by atoms with van der Waals surface area (Å²) in [6.45, 7) is 7.13. The lowest BCUT2D eigenvalue weighted by Crippen LogP contribution is -2.51. The molecule has 0 spiro atoms. The van der Waals surface area contributed by atoms with E-state index in [0.29, 0.717) is 13.1 Å². The first-order chi connectivity index (χ1) is 9.87. The van der Waals surface area contributed by atoms with Gasteiger partial charge in [0.05, 0.1) is 16.7 Å². The van der Waals surface area contributed by atoms with Crippen LogP contribution in [-0.2, 0) is 16.4 Å². The predicted octanol–water partition coefficient (Wildman–Crippen LogP) is 1.65. The van der Waals surface area contributed by atoms with Crippen molar-refractivity contribution in [3.8, 4) is 0 Å². The molecular weight excluding hydrogens is 286 g/mol. The van der Waals surface area contributed by atoms with Gasteiger partial charge in [-0.15, -0.1) is 0 Å². The molecule has 3 heterocycles.